The molecular weight excluding hydrogens is 475 g/mol. The molecule has 0 atom stereocenters. The molecular formula is C25H20F3N5O3. The average molecular weight is 495 g/mol. The van der Waals surface area contributed by atoms with Gasteiger partial charge in [0.1, 0.15) is 17.8 Å². The number of amides is 1. The summed E-state index contributed by atoms with van der Waals surface area (Å²) in [5.41, 5.74) is 2.62. The number of alkyl halides is 3. The number of pyridine rings is 1. The quantitative estimate of drug-likeness (QED) is 0.364. The van der Waals surface area contributed by atoms with Gasteiger partial charge >= 0.3 is 18.4 Å². The number of ether oxygens (including phenoxy) is 2. The number of halogens is 3. The molecule has 4 aromatic rings. The third-order valence-electron chi connectivity index (χ3n) is 4.90. The zero-order valence-electron chi connectivity index (χ0n) is 18.7. The van der Waals surface area contributed by atoms with E-state index in [1.807, 2.05) is 30.3 Å². The molecule has 0 aliphatic heterocycles. The number of rotatable bonds is 7. The van der Waals surface area contributed by atoms with E-state index in [-0.39, 0.29) is 30.4 Å². The largest absolute Gasteiger partial charge is 0.573 e. The number of hydrogen-bond acceptors (Lipinski definition) is 6. The molecule has 0 bridgehead atoms. The monoisotopic (exact) mass is 495 g/mol. The van der Waals surface area contributed by atoms with E-state index in [0.29, 0.717) is 16.8 Å². The fourth-order valence-electron chi connectivity index (χ4n) is 3.25. The van der Waals surface area contributed by atoms with Crippen LogP contribution in [0.25, 0.3) is 22.4 Å². The number of carbonyl (C=O) groups excluding carboxylic acids is 1. The first-order valence-electron chi connectivity index (χ1n) is 10.7. The second-order valence-corrected chi connectivity index (χ2v) is 7.42. The molecule has 2 aromatic carbocycles. The van der Waals surface area contributed by atoms with Gasteiger partial charge in [0.05, 0.1) is 12.2 Å². The summed E-state index contributed by atoms with van der Waals surface area (Å²) >= 11 is 0. The molecule has 2 N–H and O–H groups in total. The van der Waals surface area contributed by atoms with Crippen molar-refractivity contribution in [2.24, 2.45) is 0 Å². The molecule has 2 heterocycles. The third-order valence-corrected chi connectivity index (χ3v) is 4.90. The second kappa shape index (κ2) is 10.7. The Morgan fingerprint density at radius 1 is 0.944 bits per heavy atom. The molecule has 8 nitrogen and oxygen atoms in total. The minimum atomic E-state index is -4.78. The van der Waals surface area contributed by atoms with Crippen LogP contribution in [0.2, 0.25) is 0 Å². The molecule has 0 aliphatic carbocycles. The van der Waals surface area contributed by atoms with Crippen molar-refractivity contribution in [3.05, 3.63) is 90.7 Å². The first-order chi connectivity index (χ1) is 17.3. The number of carbonyl (C=O) groups is 1. The van der Waals surface area contributed by atoms with Crippen molar-refractivity contribution in [2.45, 2.75) is 6.36 Å². The first-order valence-corrected chi connectivity index (χ1v) is 10.7. The summed E-state index contributed by atoms with van der Waals surface area (Å²) in [7, 11) is 0. The molecule has 0 unspecified atom stereocenters. The van der Waals surface area contributed by atoms with E-state index in [1.165, 1.54) is 36.5 Å². The van der Waals surface area contributed by atoms with Crippen LogP contribution in [0.1, 0.15) is 0 Å². The predicted molar refractivity (Wildman–Crippen MR) is 124 cm³/mol. The normalized spacial score (nSPS) is 11.1. The van der Waals surface area contributed by atoms with Crippen molar-refractivity contribution in [3.8, 4) is 34.1 Å². The molecule has 0 spiro atoms. The summed E-state index contributed by atoms with van der Waals surface area (Å²) in [4.78, 5) is 21.0. The molecule has 2 aromatic heterocycles. The van der Waals surface area contributed by atoms with Gasteiger partial charge in [0.25, 0.3) is 0 Å². The van der Waals surface area contributed by atoms with Crippen LogP contribution >= 0.6 is 0 Å². The third kappa shape index (κ3) is 6.47. The number of benzene rings is 2. The fraction of sp³-hybridized carbons (Fsp3) is 0.120. The zero-order valence-corrected chi connectivity index (χ0v) is 18.7. The van der Waals surface area contributed by atoms with Crippen LogP contribution in [0, 0.1) is 5.41 Å². The van der Waals surface area contributed by atoms with Gasteiger partial charge in [0, 0.05) is 18.0 Å². The average Bonchev–Trinajstić information content (AvgIpc) is 2.87. The van der Waals surface area contributed by atoms with Crippen LogP contribution in [0.15, 0.2) is 85.2 Å². The SMILES string of the molecule is N=c1ccc(-c2ccc(OC(F)(F)F)cc2)cn1C(=O)NCCOc1nccc(-c2ccccc2)n1. The Hall–Kier alpha value is -4.67. The van der Waals surface area contributed by atoms with Crippen molar-refractivity contribution >= 4 is 6.03 Å². The number of hydrogen-bond donors (Lipinski definition) is 2. The van der Waals surface area contributed by atoms with Crippen molar-refractivity contribution in [1.29, 1.82) is 5.41 Å². The maximum absolute atomic E-state index is 12.6. The Bertz CT molecular complexity index is 1390. The lowest BCUT2D eigenvalue weighted by Gasteiger charge is -2.12. The van der Waals surface area contributed by atoms with Crippen LogP contribution in [0.4, 0.5) is 18.0 Å². The summed E-state index contributed by atoms with van der Waals surface area (Å²) in [6.45, 7) is 0.218. The van der Waals surface area contributed by atoms with Gasteiger partial charge in [-0.25, -0.2) is 9.78 Å². The highest BCUT2D eigenvalue weighted by molar-refractivity contribution is 5.78. The summed E-state index contributed by atoms with van der Waals surface area (Å²) in [6, 6.07) is 19.1. The van der Waals surface area contributed by atoms with Crippen LogP contribution in [-0.2, 0) is 0 Å². The molecule has 11 heteroatoms. The maximum Gasteiger partial charge on any atom is 0.573 e. The lowest BCUT2D eigenvalue weighted by Crippen LogP contribution is -2.37. The summed E-state index contributed by atoms with van der Waals surface area (Å²) in [6.07, 6.45) is -1.78. The number of nitrogens with zero attached hydrogens (tertiary/aromatic N) is 3. The molecule has 4 rings (SSSR count). The minimum absolute atomic E-state index is 0.0758. The van der Waals surface area contributed by atoms with Gasteiger partial charge in [-0.1, -0.05) is 42.5 Å². The lowest BCUT2D eigenvalue weighted by molar-refractivity contribution is -0.274. The van der Waals surface area contributed by atoms with E-state index in [9.17, 15) is 18.0 Å². The minimum Gasteiger partial charge on any atom is -0.462 e. The van der Waals surface area contributed by atoms with Gasteiger partial charge in [-0.2, -0.15) is 4.98 Å². The van der Waals surface area contributed by atoms with Crippen molar-refractivity contribution in [2.75, 3.05) is 13.2 Å². The molecule has 0 saturated carbocycles. The molecule has 0 saturated heterocycles. The second-order valence-electron chi connectivity index (χ2n) is 7.42. The summed E-state index contributed by atoms with van der Waals surface area (Å²) in [5, 5.41) is 10.7. The smallest absolute Gasteiger partial charge is 0.462 e. The van der Waals surface area contributed by atoms with Crippen molar-refractivity contribution in [3.63, 3.8) is 0 Å². The van der Waals surface area contributed by atoms with Gasteiger partial charge in [-0.3, -0.25) is 9.98 Å². The lowest BCUT2D eigenvalue weighted by atomic mass is 10.1. The molecule has 36 heavy (non-hydrogen) atoms. The molecule has 0 fully saturated rings. The highest BCUT2D eigenvalue weighted by Gasteiger charge is 2.31. The van der Waals surface area contributed by atoms with E-state index in [2.05, 4.69) is 20.0 Å². The van der Waals surface area contributed by atoms with E-state index in [1.54, 1.807) is 18.3 Å². The standard InChI is InChI=1S/C25H20F3N5O3/c26-25(27,28)36-20-9-6-17(7-10-20)19-8-11-22(29)33(16-19)24(34)31-14-15-35-23-30-13-12-21(32-23)18-4-2-1-3-5-18/h1-13,16,29H,14-15H2,(H,31,34). The van der Waals surface area contributed by atoms with E-state index in [0.717, 1.165) is 10.1 Å². The number of aromatic nitrogens is 3. The van der Waals surface area contributed by atoms with Gasteiger partial charge in [0.2, 0.25) is 0 Å². The van der Waals surface area contributed by atoms with Crippen LogP contribution in [0.5, 0.6) is 11.8 Å². The van der Waals surface area contributed by atoms with Crippen molar-refractivity contribution < 1.29 is 27.4 Å². The van der Waals surface area contributed by atoms with Gasteiger partial charge in [-0.15, -0.1) is 13.2 Å². The Labute approximate surface area is 203 Å². The van der Waals surface area contributed by atoms with Crippen LogP contribution in [0.3, 0.4) is 0 Å². The van der Waals surface area contributed by atoms with E-state index < -0.39 is 12.4 Å². The van der Waals surface area contributed by atoms with E-state index in [4.69, 9.17) is 10.1 Å². The molecule has 1 amide bonds. The Morgan fingerprint density at radius 2 is 1.67 bits per heavy atom. The number of nitrogens with one attached hydrogen (secondary N) is 2. The highest BCUT2D eigenvalue weighted by Crippen LogP contribution is 2.26. The summed E-state index contributed by atoms with van der Waals surface area (Å²) in [5.74, 6) is -0.354. The maximum atomic E-state index is 12.6. The van der Waals surface area contributed by atoms with Gasteiger partial charge < -0.3 is 14.8 Å². The Balaban J connectivity index is 1.35. The van der Waals surface area contributed by atoms with Gasteiger partial charge in [-0.05, 0) is 41.5 Å². The van der Waals surface area contributed by atoms with E-state index >= 15 is 0 Å². The molecule has 184 valence electrons. The highest BCUT2D eigenvalue weighted by atomic mass is 19.4. The van der Waals surface area contributed by atoms with Crippen LogP contribution < -0.4 is 20.3 Å². The van der Waals surface area contributed by atoms with Crippen LogP contribution in [-0.4, -0.2) is 40.1 Å². The zero-order chi connectivity index (χ0) is 25.5. The van der Waals surface area contributed by atoms with Crippen molar-refractivity contribution in [1.82, 2.24) is 19.9 Å². The summed E-state index contributed by atoms with van der Waals surface area (Å²) < 4.78 is 47.6. The Kier molecular flexibility index (Phi) is 7.28. The fourth-order valence-corrected chi connectivity index (χ4v) is 3.25. The molecule has 0 radical (unpaired) electrons. The first kappa shape index (κ1) is 24.5. The topological polar surface area (TPSA) is 102 Å². The molecule has 0 aliphatic rings. The van der Waals surface area contributed by atoms with Gasteiger partial charge in [0.15, 0.2) is 0 Å². The Morgan fingerprint density at radius 3 is 2.39 bits per heavy atom. The predicted octanol–water partition coefficient (Wildman–Crippen LogP) is 4.63.